The van der Waals surface area contributed by atoms with Gasteiger partial charge in [0.2, 0.25) is 5.83 Å². The van der Waals surface area contributed by atoms with Gasteiger partial charge in [-0.1, -0.05) is 11.6 Å². The van der Waals surface area contributed by atoms with Crippen LogP contribution in [0.4, 0.5) is 22.0 Å². The predicted molar refractivity (Wildman–Crippen MR) is 39.0 cm³/mol. The molecule has 1 unspecified atom stereocenters. The summed E-state index contributed by atoms with van der Waals surface area (Å²) in [5.41, 5.74) is 0. The van der Waals surface area contributed by atoms with E-state index in [1.807, 2.05) is 0 Å². The van der Waals surface area contributed by atoms with E-state index in [9.17, 15) is 32.1 Å². The molecule has 0 aromatic heterocycles. The summed E-state index contributed by atoms with van der Waals surface area (Å²) in [4.78, 5) is 8.14. The quantitative estimate of drug-likeness (QED) is 0.310. The van der Waals surface area contributed by atoms with Gasteiger partial charge in [-0.2, -0.15) is 13.2 Å². The molecule has 84 valence electrons. The second kappa shape index (κ2) is 3.16. The number of allylic oxidation sites excluding steroid dienone is 2. The van der Waals surface area contributed by atoms with Crippen LogP contribution in [0.1, 0.15) is 0 Å². The van der Waals surface area contributed by atoms with Gasteiger partial charge in [-0.15, -0.1) is 0 Å². The van der Waals surface area contributed by atoms with E-state index in [1.165, 1.54) is 0 Å². The number of nitro groups is 1. The van der Waals surface area contributed by atoms with Crippen LogP contribution in [0.15, 0.2) is 22.8 Å². The molecule has 0 radical (unpaired) electrons. The Hall–Kier alpha value is -1.18. The predicted octanol–water partition coefficient (Wildman–Crippen LogP) is 2.85. The van der Waals surface area contributed by atoms with Crippen molar-refractivity contribution in [3.05, 3.63) is 32.9 Å². The Morgan fingerprint density at radius 1 is 1.33 bits per heavy atom. The third-order valence-electron chi connectivity index (χ3n) is 1.65. The largest absolute Gasteiger partial charge is 0.449 e. The molecule has 0 amide bonds. The summed E-state index contributed by atoms with van der Waals surface area (Å²) in [7, 11) is 0. The molecule has 3 nitrogen and oxygen atoms in total. The van der Waals surface area contributed by atoms with Gasteiger partial charge in [0.1, 0.15) is 0 Å². The van der Waals surface area contributed by atoms with Gasteiger partial charge in [-0.3, -0.25) is 10.1 Å². The standard InChI is InChI=1S/C6HClF5NO2/c7-3-4(9)5(10,11)1-2(8)6(3,12)13(14)15/h1H. The lowest BCUT2D eigenvalue weighted by Crippen LogP contribution is -2.40. The number of rotatable bonds is 1. The van der Waals surface area contributed by atoms with E-state index >= 15 is 0 Å². The van der Waals surface area contributed by atoms with Crippen LogP contribution in [-0.4, -0.2) is 16.6 Å². The van der Waals surface area contributed by atoms with Crippen LogP contribution in [0.25, 0.3) is 0 Å². The zero-order chi connectivity index (χ0) is 12.0. The Morgan fingerprint density at radius 2 is 1.80 bits per heavy atom. The topological polar surface area (TPSA) is 43.1 Å². The van der Waals surface area contributed by atoms with Gasteiger partial charge in [0, 0.05) is 6.08 Å². The van der Waals surface area contributed by atoms with Gasteiger partial charge in [0.05, 0.1) is 4.92 Å². The highest BCUT2D eigenvalue weighted by Crippen LogP contribution is 2.47. The fourth-order valence-corrected chi connectivity index (χ4v) is 1.17. The van der Waals surface area contributed by atoms with E-state index in [1.54, 1.807) is 0 Å². The van der Waals surface area contributed by atoms with Crippen molar-refractivity contribution in [1.82, 2.24) is 0 Å². The van der Waals surface area contributed by atoms with Crippen molar-refractivity contribution in [2.24, 2.45) is 0 Å². The van der Waals surface area contributed by atoms with E-state index < -0.39 is 39.4 Å². The molecule has 0 aromatic carbocycles. The van der Waals surface area contributed by atoms with Gasteiger partial charge in [-0.05, 0) is 0 Å². The van der Waals surface area contributed by atoms with E-state index in [0.29, 0.717) is 0 Å². The lowest BCUT2D eigenvalue weighted by Gasteiger charge is -2.22. The number of nitrogens with zero attached hydrogens (tertiary/aromatic N) is 1. The minimum Gasteiger partial charge on any atom is -0.261 e. The second-order valence-electron chi connectivity index (χ2n) is 2.62. The van der Waals surface area contributed by atoms with Crippen LogP contribution in [-0.2, 0) is 0 Å². The second-order valence-corrected chi connectivity index (χ2v) is 3.00. The number of hydrogen-bond acceptors (Lipinski definition) is 2. The fraction of sp³-hybridized carbons (Fsp3) is 0.333. The number of hydrogen-bond donors (Lipinski definition) is 0. The van der Waals surface area contributed by atoms with E-state index in [4.69, 9.17) is 0 Å². The lowest BCUT2D eigenvalue weighted by molar-refractivity contribution is -0.582. The molecule has 0 saturated carbocycles. The van der Waals surface area contributed by atoms with Crippen LogP contribution in [0, 0.1) is 10.1 Å². The summed E-state index contributed by atoms with van der Waals surface area (Å²) in [6.07, 6.45) is -0.822. The average Bonchev–Trinajstić information content (AvgIpc) is 2.11. The molecule has 1 aliphatic carbocycles. The molecule has 0 saturated heterocycles. The Kier molecular flexibility index (Phi) is 2.50. The highest BCUT2D eigenvalue weighted by molar-refractivity contribution is 6.31. The first-order chi connectivity index (χ1) is 6.64. The third-order valence-corrected chi connectivity index (χ3v) is 2.07. The van der Waals surface area contributed by atoms with Gasteiger partial charge in [-0.25, -0.2) is 8.78 Å². The van der Waals surface area contributed by atoms with Crippen molar-refractivity contribution in [2.45, 2.75) is 11.7 Å². The van der Waals surface area contributed by atoms with Crippen molar-refractivity contribution in [2.75, 3.05) is 0 Å². The van der Waals surface area contributed by atoms with E-state index in [0.717, 1.165) is 0 Å². The first-order valence-electron chi connectivity index (χ1n) is 3.30. The van der Waals surface area contributed by atoms with Gasteiger partial charge >= 0.3 is 11.7 Å². The molecule has 1 aliphatic rings. The zero-order valence-electron chi connectivity index (χ0n) is 6.61. The van der Waals surface area contributed by atoms with Crippen LogP contribution in [0.2, 0.25) is 0 Å². The van der Waals surface area contributed by atoms with Crippen molar-refractivity contribution in [1.29, 1.82) is 0 Å². The monoisotopic (exact) mass is 249 g/mol. The van der Waals surface area contributed by atoms with Crippen LogP contribution in [0.3, 0.4) is 0 Å². The van der Waals surface area contributed by atoms with Gasteiger partial charge in [0.25, 0.3) is 0 Å². The maximum Gasteiger partial charge on any atom is 0.449 e. The molecule has 0 N–H and O–H groups in total. The van der Waals surface area contributed by atoms with E-state index in [-0.39, 0.29) is 0 Å². The van der Waals surface area contributed by atoms with Gasteiger partial charge < -0.3 is 0 Å². The van der Waals surface area contributed by atoms with Crippen molar-refractivity contribution in [3.63, 3.8) is 0 Å². The summed E-state index contributed by atoms with van der Waals surface area (Å²) in [5.74, 6) is -13.8. The molecule has 0 spiro atoms. The number of alkyl halides is 3. The summed E-state index contributed by atoms with van der Waals surface area (Å²) in [5, 5.41) is 7.96. The number of halogens is 6. The summed E-state index contributed by atoms with van der Waals surface area (Å²) in [6.45, 7) is 0. The van der Waals surface area contributed by atoms with Crippen LogP contribution < -0.4 is 0 Å². The highest BCUT2D eigenvalue weighted by Gasteiger charge is 2.61. The SMILES string of the molecule is O=[N+]([O-])C1(F)C(F)=CC(F)(F)C(F)=C1Cl. The third kappa shape index (κ3) is 1.48. The summed E-state index contributed by atoms with van der Waals surface area (Å²) in [6, 6.07) is 0. The molecule has 0 heterocycles. The molecule has 15 heavy (non-hydrogen) atoms. The Bertz CT molecular complexity index is 393. The van der Waals surface area contributed by atoms with Crippen LogP contribution in [0.5, 0.6) is 0 Å². The maximum absolute atomic E-state index is 13.2. The Balaban J connectivity index is 3.44. The molecule has 0 aliphatic heterocycles. The van der Waals surface area contributed by atoms with Gasteiger partial charge in [0.15, 0.2) is 10.9 Å². The Labute approximate surface area is 84.0 Å². The molecular weight excluding hydrogens is 249 g/mol. The molecule has 1 atom stereocenters. The first kappa shape index (κ1) is 11.9. The molecular formula is C6HClF5NO2. The zero-order valence-corrected chi connectivity index (χ0v) is 7.36. The smallest absolute Gasteiger partial charge is 0.261 e. The molecule has 0 fully saturated rings. The molecule has 0 bridgehead atoms. The van der Waals surface area contributed by atoms with E-state index in [2.05, 4.69) is 11.6 Å². The van der Waals surface area contributed by atoms with Crippen molar-refractivity contribution >= 4 is 11.6 Å². The highest BCUT2D eigenvalue weighted by atomic mass is 35.5. The fourth-order valence-electron chi connectivity index (χ4n) is 0.882. The van der Waals surface area contributed by atoms with Crippen LogP contribution >= 0.6 is 11.6 Å². The minimum atomic E-state index is -4.48. The molecule has 1 rings (SSSR count). The summed E-state index contributed by atoms with van der Waals surface area (Å²) < 4.78 is 63.4. The maximum atomic E-state index is 13.2. The summed E-state index contributed by atoms with van der Waals surface area (Å²) >= 11 is 4.68. The minimum absolute atomic E-state index is 0.822. The molecule has 0 aromatic rings. The molecule has 9 heteroatoms. The van der Waals surface area contributed by atoms with Crippen molar-refractivity contribution in [3.8, 4) is 0 Å². The first-order valence-corrected chi connectivity index (χ1v) is 3.68. The normalized spacial score (nSPS) is 30.1. The van der Waals surface area contributed by atoms with Crippen molar-refractivity contribution < 1.29 is 26.9 Å². The average molecular weight is 250 g/mol. The Morgan fingerprint density at radius 3 is 2.20 bits per heavy atom. The lowest BCUT2D eigenvalue weighted by atomic mass is 10.0.